The molecule has 1 atom stereocenters. The fourth-order valence-corrected chi connectivity index (χ4v) is 2.72. The van der Waals surface area contributed by atoms with Gasteiger partial charge in [-0.05, 0) is 13.5 Å². The number of ether oxygens (including phenoxy) is 2. The van der Waals surface area contributed by atoms with Crippen LogP contribution in [-0.2, 0) is 22.5 Å². The van der Waals surface area contributed by atoms with Crippen LogP contribution in [0.15, 0.2) is 0 Å². The lowest BCUT2D eigenvalue weighted by Crippen LogP contribution is -2.36. The van der Waals surface area contributed by atoms with Crippen molar-refractivity contribution in [2.24, 2.45) is 0 Å². The van der Waals surface area contributed by atoms with Gasteiger partial charge in [0.25, 0.3) is 0 Å². The molecule has 1 saturated heterocycles. The second-order valence-corrected chi connectivity index (χ2v) is 5.71. The molecule has 2 aliphatic rings. The molecule has 0 aromatic carbocycles. The Labute approximate surface area is 125 Å². The van der Waals surface area contributed by atoms with Crippen molar-refractivity contribution >= 4 is 5.82 Å². The first-order valence-corrected chi connectivity index (χ1v) is 7.79. The number of morpholine rings is 1. The Bertz CT molecular complexity index is 495. The van der Waals surface area contributed by atoms with E-state index in [1.165, 1.54) is 0 Å². The van der Waals surface area contributed by atoms with Crippen LogP contribution in [0.1, 0.15) is 36.5 Å². The van der Waals surface area contributed by atoms with E-state index in [1.54, 1.807) is 0 Å². The Morgan fingerprint density at radius 3 is 3.05 bits per heavy atom. The molecule has 6 heteroatoms. The fraction of sp³-hybridized carbons (Fsp3) is 0.733. The Hall–Kier alpha value is -1.24. The van der Waals surface area contributed by atoms with Crippen LogP contribution >= 0.6 is 0 Å². The summed E-state index contributed by atoms with van der Waals surface area (Å²) < 4.78 is 11.4. The highest BCUT2D eigenvalue weighted by Gasteiger charge is 2.25. The molecule has 116 valence electrons. The lowest BCUT2D eigenvalue weighted by molar-refractivity contribution is -0.0257. The third kappa shape index (κ3) is 3.33. The van der Waals surface area contributed by atoms with Crippen molar-refractivity contribution in [3.8, 4) is 0 Å². The van der Waals surface area contributed by atoms with Gasteiger partial charge in [-0.1, -0.05) is 6.92 Å². The molecule has 0 spiro atoms. The maximum atomic E-state index is 5.86. The first kappa shape index (κ1) is 14.7. The number of hydrogen-bond acceptors (Lipinski definition) is 6. The largest absolute Gasteiger partial charge is 0.376 e. The summed E-state index contributed by atoms with van der Waals surface area (Å²) >= 11 is 0. The lowest BCUT2D eigenvalue weighted by Gasteiger charge is -2.30. The van der Waals surface area contributed by atoms with Crippen molar-refractivity contribution in [3.05, 3.63) is 17.1 Å². The highest BCUT2D eigenvalue weighted by Crippen LogP contribution is 2.26. The van der Waals surface area contributed by atoms with E-state index in [-0.39, 0.29) is 6.10 Å². The van der Waals surface area contributed by atoms with Crippen LogP contribution < -0.4 is 5.32 Å². The molecule has 0 amide bonds. The fourth-order valence-electron chi connectivity index (χ4n) is 2.72. The maximum Gasteiger partial charge on any atom is 0.161 e. The van der Waals surface area contributed by atoms with Gasteiger partial charge in [-0.3, -0.25) is 0 Å². The number of anilines is 1. The minimum Gasteiger partial charge on any atom is -0.376 e. The van der Waals surface area contributed by atoms with E-state index >= 15 is 0 Å². The molecule has 1 aromatic heterocycles. The van der Waals surface area contributed by atoms with Crippen molar-refractivity contribution in [1.29, 1.82) is 0 Å². The number of rotatable bonds is 4. The van der Waals surface area contributed by atoms with Crippen LogP contribution in [0.25, 0.3) is 0 Å². The van der Waals surface area contributed by atoms with E-state index in [4.69, 9.17) is 19.4 Å². The monoisotopic (exact) mass is 292 g/mol. The third-order valence-electron chi connectivity index (χ3n) is 3.94. The molecule has 1 N–H and O–H groups in total. The van der Waals surface area contributed by atoms with Gasteiger partial charge in [-0.15, -0.1) is 0 Å². The maximum absolute atomic E-state index is 5.86. The second kappa shape index (κ2) is 6.68. The van der Waals surface area contributed by atoms with E-state index in [9.17, 15) is 0 Å². The van der Waals surface area contributed by atoms with Gasteiger partial charge in [0.05, 0.1) is 25.5 Å². The molecule has 6 nitrogen and oxygen atoms in total. The highest BCUT2D eigenvalue weighted by molar-refractivity contribution is 5.47. The average molecular weight is 292 g/mol. The van der Waals surface area contributed by atoms with E-state index in [2.05, 4.69) is 24.2 Å². The normalized spacial score (nSPS) is 22.9. The van der Waals surface area contributed by atoms with Gasteiger partial charge in [0.15, 0.2) is 5.82 Å². The molecule has 1 fully saturated rings. The van der Waals surface area contributed by atoms with Gasteiger partial charge < -0.3 is 19.7 Å². The Morgan fingerprint density at radius 1 is 1.33 bits per heavy atom. The molecular weight excluding hydrogens is 268 g/mol. The summed E-state index contributed by atoms with van der Waals surface area (Å²) in [5.74, 6) is 1.73. The van der Waals surface area contributed by atoms with E-state index in [0.717, 1.165) is 68.6 Å². The zero-order valence-electron chi connectivity index (χ0n) is 12.9. The summed E-state index contributed by atoms with van der Waals surface area (Å²) in [5.41, 5.74) is 2.23. The lowest BCUT2D eigenvalue weighted by atomic mass is 10.1. The van der Waals surface area contributed by atoms with Gasteiger partial charge in [0.1, 0.15) is 11.9 Å². The van der Waals surface area contributed by atoms with Gasteiger partial charge in [0, 0.05) is 31.6 Å². The third-order valence-corrected chi connectivity index (χ3v) is 3.94. The number of hydrogen-bond donors (Lipinski definition) is 1. The van der Waals surface area contributed by atoms with Crippen molar-refractivity contribution < 1.29 is 9.47 Å². The SMILES string of the molecule is CCCNc1nc(C2CN(C)CCO2)nc2c1COCC2. The summed E-state index contributed by atoms with van der Waals surface area (Å²) in [5, 5.41) is 3.41. The van der Waals surface area contributed by atoms with E-state index in [1.807, 2.05) is 0 Å². The van der Waals surface area contributed by atoms with Crippen molar-refractivity contribution in [1.82, 2.24) is 14.9 Å². The Balaban J connectivity index is 1.89. The van der Waals surface area contributed by atoms with Crippen LogP contribution in [-0.4, -0.2) is 54.8 Å². The molecular formula is C15H24N4O2. The summed E-state index contributed by atoms with van der Waals surface area (Å²) in [4.78, 5) is 11.7. The molecule has 21 heavy (non-hydrogen) atoms. The molecule has 2 aliphatic heterocycles. The summed E-state index contributed by atoms with van der Waals surface area (Å²) in [6.07, 6.45) is 1.89. The second-order valence-electron chi connectivity index (χ2n) is 5.71. The molecule has 0 bridgehead atoms. The summed E-state index contributed by atoms with van der Waals surface area (Å²) in [6, 6.07) is 0. The Morgan fingerprint density at radius 2 is 2.24 bits per heavy atom. The molecule has 3 rings (SSSR count). The van der Waals surface area contributed by atoms with E-state index < -0.39 is 0 Å². The predicted molar refractivity (Wildman–Crippen MR) is 80.4 cm³/mol. The molecule has 0 aliphatic carbocycles. The first-order valence-electron chi connectivity index (χ1n) is 7.79. The first-order chi connectivity index (χ1) is 10.3. The number of nitrogens with one attached hydrogen (secondary N) is 1. The van der Waals surface area contributed by atoms with Crippen LogP contribution in [0.5, 0.6) is 0 Å². The van der Waals surface area contributed by atoms with Gasteiger partial charge >= 0.3 is 0 Å². The summed E-state index contributed by atoms with van der Waals surface area (Å²) in [6.45, 7) is 6.96. The molecule has 0 saturated carbocycles. The number of likely N-dealkylation sites (N-methyl/N-ethyl adjacent to an activating group) is 1. The average Bonchev–Trinajstić information content (AvgIpc) is 2.52. The zero-order valence-corrected chi connectivity index (χ0v) is 12.9. The van der Waals surface area contributed by atoms with Crippen LogP contribution in [0.2, 0.25) is 0 Å². The van der Waals surface area contributed by atoms with Crippen molar-refractivity contribution in [3.63, 3.8) is 0 Å². The summed E-state index contributed by atoms with van der Waals surface area (Å²) in [7, 11) is 2.11. The smallest absolute Gasteiger partial charge is 0.161 e. The quantitative estimate of drug-likeness (QED) is 0.904. The minimum atomic E-state index is -0.0286. The predicted octanol–water partition coefficient (Wildman–Crippen LogP) is 1.37. The molecule has 3 heterocycles. The standard InChI is InChI=1S/C15H24N4O2/c1-3-5-16-14-11-10-20-7-4-12(11)17-15(18-14)13-9-19(2)6-8-21-13/h13H,3-10H2,1-2H3,(H,16,17,18). The minimum absolute atomic E-state index is 0.0286. The van der Waals surface area contributed by atoms with Gasteiger partial charge in [-0.2, -0.15) is 0 Å². The molecule has 1 unspecified atom stereocenters. The van der Waals surface area contributed by atoms with E-state index in [0.29, 0.717) is 6.61 Å². The molecule has 0 radical (unpaired) electrons. The van der Waals surface area contributed by atoms with Crippen LogP contribution in [0, 0.1) is 0 Å². The number of fused-ring (bicyclic) bond motifs is 1. The van der Waals surface area contributed by atoms with Gasteiger partial charge in [0.2, 0.25) is 0 Å². The van der Waals surface area contributed by atoms with Crippen LogP contribution in [0.4, 0.5) is 5.82 Å². The van der Waals surface area contributed by atoms with Crippen molar-refractivity contribution in [2.75, 3.05) is 45.2 Å². The van der Waals surface area contributed by atoms with Crippen LogP contribution in [0.3, 0.4) is 0 Å². The van der Waals surface area contributed by atoms with Gasteiger partial charge in [-0.25, -0.2) is 9.97 Å². The number of nitrogens with zero attached hydrogens (tertiary/aromatic N) is 3. The zero-order chi connectivity index (χ0) is 14.7. The topological polar surface area (TPSA) is 59.5 Å². The highest BCUT2D eigenvalue weighted by atomic mass is 16.5. The molecule has 1 aromatic rings. The Kier molecular flexibility index (Phi) is 4.67. The van der Waals surface area contributed by atoms with Crippen molar-refractivity contribution in [2.45, 2.75) is 32.5 Å². The number of aromatic nitrogens is 2.